The molecule has 1 aromatic carbocycles. The summed E-state index contributed by atoms with van der Waals surface area (Å²) in [4.78, 5) is 0. The fraction of sp³-hybridized carbons (Fsp3) is 0.538. The molecule has 0 amide bonds. The first-order valence-corrected chi connectivity index (χ1v) is 5.71. The van der Waals surface area contributed by atoms with Crippen LogP contribution in [0, 0.1) is 12.7 Å². The maximum atomic E-state index is 13.6. The number of nitrogens with one attached hydrogen (secondary N) is 1. The summed E-state index contributed by atoms with van der Waals surface area (Å²) in [6.45, 7) is 3.95. The van der Waals surface area contributed by atoms with Crippen molar-refractivity contribution in [2.45, 2.75) is 38.3 Å². The van der Waals surface area contributed by atoms with E-state index in [0.29, 0.717) is 18.2 Å². The van der Waals surface area contributed by atoms with Crippen molar-refractivity contribution in [1.29, 1.82) is 0 Å². The van der Waals surface area contributed by atoms with Gasteiger partial charge in [-0.3, -0.25) is 0 Å². The lowest BCUT2D eigenvalue weighted by Gasteiger charge is -2.25. The van der Waals surface area contributed by atoms with Crippen LogP contribution in [0.15, 0.2) is 18.2 Å². The third-order valence-corrected chi connectivity index (χ3v) is 3.01. The molecule has 1 aliphatic carbocycles. The van der Waals surface area contributed by atoms with Crippen molar-refractivity contribution < 1.29 is 9.50 Å². The summed E-state index contributed by atoms with van der Waals surface area (Å²) in [6.07, 6.45) is 2.32. The second-order valence-corrected chi connectivity index (χ2v) is 4.91. The van der Waals surface area contributed by atoms with Gasteiger partial charge in [0.05, 0.1) is 0 Å². The van der Waals surface area contributed by atoms with Crippen LogP contribution in [0.1, 0.15) is 30.9 Å². The molecule has 1 fully saturated rings. The number of hydrogen-bond donors (Lipinski definition) is 2. The minimum absolute atomic E-state index is 0.340. The molecule has 1 aromatic rings. The molecule has 1 atom stereocenters. The van der Waals surface area contributed by atoms with Crippen LogP contribution >= 0.6 is 0 Å². The van der Waals surface area contributed by atoms with Crippen LogP contribution in [0.3, 0.4) is 0 Å². The molecule has 16 heavy (non-hydrogen) atoms. The Morgan fingerprint density at radius 3 is 2.81 bits per heavy atom. The SMILES string of the molecule is Cc1ccc(F)c(C(C)(O)CNC2CC2)c1. The second kappa shape index (κ2) is 4.15. The van der Waals surface area contributed by atoms with Gasteiger partial charge >= 0.3 is 0 Å². The summed E-state index contributed by atoms with van der Waals surface area (Å²) in [7, 11) is 0. The zero-order chi connectivity index (χ0) is 11.8. The van der Waals surface area contributed by atoms with Crippen molar-refractivity contribution in [1.82, 2.24) is 5.32 Å². The van der Waals surface area contributed by atoms with E-state index in [4.69, 9.17) is 0 Å². The Morgan fingerprint density at radius 1 is 1.50 bits per heavy atom. The van der Waals surface area contributed by atoms with Gasteiger partial charge in [-0.2, -0.15) is 0 Å². The molecule has 1 aliphatic rings. The van der Waals surface area contributed by atoms with E-state index < -0.39 is 5.60 Å². The first-order valence-electron chi connectivity index (χ1n) is 5.71. The third kappa shape index (κ3) is 2.60. The molecule has 2 nitrogen and oxygen atoms in total. The number of rotatable bonds is 4. The molecule has 0 saturated heterocycles. The molecule has 0 spiro atoms. The lowest BCUT2D eigenvalue weighted by Crippen LogP contribution is -2.37. The van der Waals surface area contributed by atoms with Gasteiger partial charge in [0.15, 0.2) is 0 Å². The summed E-state index contributed by atoms with van der Waals surface area (Å²) in [5.74, 6) is -0.340. The number of halogens is 1. The van der Waals surface area contributed by atoms with Crippen LogP contribution in [0.5, 0.6) is 0 Å². The first kappa shape index (κ1) is 11.6. The minimum Gasteiger partial charge on any atom is -0.384 e. The van der Waals surface area contributed by atoms with Gasteiger partial charge < -0.3 is 10.4 Å². The maximum absolute atomic E-state index is 13.6. The van der Waals surface area contributed by atoms with Crippen LogP contribution in [-0.4, -0.2) is 17.7 Å². The van der Waals surface area contributed by atoms with Crippen molar-refractivity contribution in [2.75, 3.05) is 6.54 Å². The fourth-order valence-electron chi connectivity index (χ4n) is 1.78. The lowest BCUT2D eigenvalue weighted by atomic mass is 9.94. The standard InChI is InChI=1S/C13H18FNO/c1-9-3-6-12(14)11(7-9)13(2,16)8-15-10-4-5-10/h3,6-7,10,15-16H,4-5,8H2,1-2H3. The molecule has 1 unspecified atom stereocenters. The third-order valence-electron chi connectivity index (χ3n) is 3.01. The Labute approximate surface area is 95.5 Å². The number of hydrogen-bond acceptors (Lipinski definition) is 2. The van der Waals surface area contributed by atoms with E-state index in [1.807, 2.05) is 6.92 Å². The normalized spacial score (nSPS) is 19.5. The van der Waals surface area contributed by atoms with Crippen molar-refractivity contribution in [3.63, 3.8) is 0 Å². The summed E-state index contributed by atoms with van der Waals surface area (Å²) in [6, 6.07) is 5.35. The van der Waals surface area contributed by atoms with E-state index in [1.165, 1.54) is 6.07 Å². The van der Waals surface area contributed by atoms with Crippen LogP contribution in [0.4, 0.5) is 4.39 Å². The molecule has 0 aliphatic heterocycles. The fourth-order valence-corrected chi connectivity index (χ4v) is 1.78. The molecule has 3 heteroatoms. The van der Waals surface area contributed by atoms with Gasteiger partial charge in [0.1, 0.15) is 11.4 Å². The molecule has 0 aromatic heterocycles. The first-order chi connectivity index (χ1) is 7.49. The number of aryl methyl sites for hydroxylation is 1. The van der Waals surface area contributed by atoms with Gasteiger partial charge in [-0.15, -0.1) is 0 Å². The highest BCUT2D eigenvalue weighted by Crippen LogP contribution is 2.26. The molecule has 1 saturated carbocycles. The summed E-state index contributed by atoms with van der Waals surface area (Å²) in [5.41, 5.74) is 0.197. The Hall–Kier alpha value is -0.930. The van der Waals surface area contributed by atoms with Gasteiger partial charge in [-0.05, 0) is 32.8 Å². The molecular weight excluding hydrogens is 205 g/mol. The highest BCUT2D eigenvalue weighted by Gasteiger charge is 2.30. The van der Waals surface area contributed by atoms with Crippen LogP contribution in [0.25, 0.3) is 0 Å². The zero-order valence-electron chi connectivity index (χ0n) is 9.76. The van der Waals surface area contributed by atoms with E-state index in [1.54, 1.807) is 19.1 Å². The van der Waals surface area contributed by atoms with E-state index in [9.17, 15) is 9.50 Å². The van der Waals surface area contributed by atoms with Crippen molar-refractivity contribution in [2.24, 2.45) is 0 Å². The molecular formula is C13H18FNO. The number of benzene rings is 1. The molecule has 2 N–H and O–H groups in total. The Kier molecular flexibility index (Phi) is 3.00. The molecule has 88 valence electrons. The van der Waals surface area contributed by atoms with E-state index in [-0.39, 0.29) is 5.82 Å². The summed E-state index contributed by atoms with van der Waals surface area (Å²) >= 11 is 0. The van der Waals surface area contributed by atoms with Crippen LogP contribution in [-0.2, 0) is 5.60 Å². The molecule has 0 heterocycles. The predicted octanol–water partition coefficient (Wildman–Crippen LogP) is 2.09. The van der Waals surface area contributed by atoms with Gasteiger partial charge in [0.2, 0.25) is 0 Å². The Morgan fingerprint density at radius 2 is 2.19 bits per heavy atom. The van der Waals surface area contributed by atoms with E-state index in [0.717, 1.165) is 18.4 Å². The van der Waals surface area contributed by atoms with Crippen LogP contribution in [0.2, 0.25) is 0 Å². The monoisotopic (exact) mass is 223 g/mol. The van der Waals surface area contributed by atoms with E-state index >= 15 is 0 Å². The maximum Gasteiger partial charge on any atom is 0.129 e. The zero-order valence-corrected chi connectivity index (χ0v) is 9.76. The molecule has 0 radical (unpaired) electrons. The largest absolute Gasteiger partial charge is 0.384 e. The summed E-state index contributed by atoms with van der Waals surface area (Å²) in [5, 5.41) is 13.5. The van der Waals surface area contributed by atoms with Crippen molar-refractivity contribution in [3.8, 4) is 0 Å². The van der Waals surface area contributed by atoms with Crippen molar-refractivity contribution >= 4 is 0 Å². The summed E-state index contributed by atoms with van der Waals surface area (Å²) < 4.78 is 13.6. The number of aliphatic hydroxyl groups is 1. The van der Waals surface area contributed by atoms with Crippen molar-refractivity contribution in [3.05, 3.63) is 35.1 Å². The minimum atomic E-state index is -1.14. The van der Waals surface area contributed by atoms with E-state index in [2.05, 4.69) is 5.32 Å². The highest BCUT2D eigenvalue weighted by atomic mass is 19.1. The smallest absolute Gasteiger partial charge is 0.129 e. The van der Waals surface area contributed by atoms with Gasteiger partial charge in [-0.1, -0.05) is 17.7 Å². The van der Waals surface area contributed by atoms with Gasteiger partial charge in [0, 0.05) is 18.2 Å². The molecule has 0 bridgehead atoms. The average molecular weight is 223 g/mol. The lowest BCUT2D eigenvalue weighted by molar-refractivity contribution is 0.0528. The quantitative estimate of drug-likeness (QED) is 0.819. The Bertz CT molecular complexity index is 386. The second-order valence-electron chi connectivity index (χ2n) is 4.91. The topological polar surface area (TPSA) is 32.3 Å². The average Bonchev–Trinajstić information content (AvgIpc) is 3.02. The highest BCUT2D eigenvalue weighted by molar-refractivity contribution is 5.29. The van der Waals surface area contributed by atoms with Gasteiger partial charge in [0.25, 0.3) is 0 Å². The molecule has 2 rings (SSSR count). The van der Waals surface area contributed by atoms with Crippen LogP contribution < -0.4 is 5.32 Å². The predicted molar refractivity (Wildman–Crippen MR) is 61.7 cm³/mol. The Balaban J connectivity index is 2.15. The van der Waals surface area contributed by atoms with Gasteiger partial charge in [-0.25, -0.2) is 4.39 Å².